The van der Waals surface area contributed by atoms with Crippen LogP contribution < -0.4 is 10.3 Å². The van der Waals surface area contributed by atoms with Gasteiger partial charge in [0.2, 0.25) is 0 Å². The zero-order chi connectivity index (χ0) is 19.0. The van der Waals surface area contributed by atoms with E-state index in [0.717, 1.165) is 22.7 Å². The third kappa shape index (κ3) is 2.99. The van der Waals surface area contributed by atoms with Gasteiger partial charge in [-0.15, -0.1) is 0 Å². The number of hydrogen-bond acceptors (Lipinski definition) is 4. The molecule has 0 N–H and O–H groups in total. The Morgan fingerprint density at radius 3 is 2.30 bits per heavy atom. The van der Waals surface area contributed by atoms with Gasteiger partial charge in [-0.2, -0.15) is 5.10 Å². The minimum Gasteiger partial charge on any atom is -0.494 e. The lowest BCUT2D eigenvalue weighted by Crippen LogP contribution is -2.22. The highest BCUT2D eigenvalue weighted by molar-refractivity contribution is 5.75. The lowest BCUT2D eigenvalue weighted by molar-refractivity contribution is 0.340. The van der Waals surface area contributed by atoms with Crippen LogP contribution in [0.2, 0.25) is 0 Å². The van der Waals surface area contributed by atoms with E-state index in [-0.39, 0.29) is 5.56 Å². The molecule has 4 aromatic rings. The van der Waals surface area contributed by atoms with Crippen molar-refractivity contribution < 1.29 is 4.74 Å². The first-order valence-corrected chi connectivity index (χ1v) is 8.86. The number of aromatic nitrogens is 4. The zero-order valence-corrected chi connectivity index (χ0v) is 15.5. The number of hydrogen-bond donors (Lipinski definition) is 0. The Balaban J connectivity index is 1.85. The second kappa shape index (κ2) is 6.72. The van der Waals surface area contributed by atoms with Crippen molar-refractivity contribution in [2.45, 2.75) is 20.8 Å². The standard InChI is InChI=1S/C21H20N4O2/c1-4-27-18-11-9-16(10-12-18)24-15(3)23-20-19(21(24)26)13-22-25(20)17-7-5-14(2)6-8-17/h5-13H,4H2,1-3H3. The highest BCUT2D eigenvalue weighted by Gasteiger charge is 2.15. The molecule has 0 amide bonds. The predicted octanol–water partition coefficient (Wildman–Crippen LogP) is 3.59. The Hall–Kier alpha value is -3.41. The fraction of sp³-hybridized carbons (Fsp3) is 0.190. The van der Waals surface area contributed by atoms with E-state index in [9.17, 15) is 4.79 Å². The molecule has 6 heteroatoms. The molecule has 0 unspecified atom stereocenters. The normalized spacial score (nSPS) is 11.1. The summed E-state index contributed by atoms with van der Waals surface area (Å²) in [6.07, 6.45) is 1.58. The van der Waals surface area contributed by atoms with Gasteiger partial charge in [0.15, 0.2) is 5.65 Å². The fourth-order valence-corrected chi connectivity index (χ4v) is 3.11. The smallest absolute Gasteiger partial charge is 0.269 e. The Kier molecular flexibility index (Phi) is 4.24. The molecule has 0 aliphatic heterocycles. The summed E-state index contributed by atoms with van der Waals surface area (Å²) in [4.78, 5) is 17.8. The quantitative estimate of drug-likeness (QED) is 0.558. The van der Waals surface area contributed by atoms with Crippen LogP contribution in [0, 0.1) is 13.8 Å². The third-order valence-corrected chi connectivity index (χ3v) is 4.45. The van der Waals surface area contributed by atoms with Crippen molar-refractivity contribution >= 4 is 11.0 Å². The maximum absolute atomic E-state index is 13.1. The first-order valence-electron chi connectivity index (χ1n) is 8.86. The van der Waals surface area contributed by atoms with E-state index in [4.69, 9.17) is 4.74 Å². The predicted molar refractivity (Wildman–Crippen MR) is 105 cm³/mol. The largest absolute Gasteiger partial charge is 0.494 e. The van der Waals surface area contributed by atoms with Crippen LogP contribution in [-0.4, -0.2) is 25.9 Å². The van der Waals surface area contributed by atoms with Crippen LogP contribution in [0.3, 0.4) is 0 Å². The molecule has 0 saturated carbocycles. The van der Waals surface area contributed by atoms with Crippen LogP contribution in [0.5, 0.6) is 5.75 Å². The zero-order valence-electron chi connectivity index (χ0n) is 15.5. The lowest BCUT2D eigenvalue weighted by Gasteiger charge is -2.11. The molecule has 0 aliphatic rings. The number of benzene rings is 2. The van der Waals surface area contributed by atoms with E-state index < -0.39 is 0 Å². The number of rotatable bonds is 4. The lowest BCUT2D eigenvalue weighted by atomic mass is 10.2. The molecule has 0 fully saturated rings. The van der Waals surface area contributed by atoms with Crippen LogP contribution in [0.25, 0.3) is 22.4 Å². The van der Waals surface area contributed by atoms with Crippen LogP contribution in [0.4, 0.5) is 0 Å². The Morgan fingerprint density at radius 2 is 1.63 bits per heavy atom. The topological polar surface area (TPSA) is 61.9 Å². The number of ether oxygens (including phenoxy) is 1. The average Bonchev–Trinajstić information content (AvgIpc) is 3.08. The van der Waals surface area contributed by atoms with E-state index in [2.05, 4.69) is 10.1 Å². The summed E-state index contributed by atoms with van der Waals surface area (Å²) >= 11 is 0. The van der Waals surface area contributed by atoms with Gasteiger partial charge in [0.1, 0.15) is 17.0 Å². The molecule has 4 rings (SSSR count). The van der Waals surface area contributed by atoms with E-state index in [1.54, 1.807) is 15.4 Å². The molecule has 0 saturated heterocycles. The highest BCUT2D eigenvalue weighted by Crippen LogP contribution is 2.19. The Bertz CT molecular complexity index is 1160. The van der Waals surface area contributed by atoms with E-state index in [1.165, 1.54) is 0 Å². The van der Waals surface area contributed by atoms with Crippen LogP contribution in [0.1, 0.15) is 18.3 Å². The summed E-state index contributed by atoms with van der Waals surface area (Å²) in [5, 5.41) is 4.87. The summed E-state index contributed by atoms with van der Waals surface area (Å²) < 4.78 is 8.77. The number of fused-ring (bicyclic) bond motifs is 1. The average molecular weight is 360 g/mol. The van der Waals surface area contributed by atoms with Crippen molar-refractivity contribution in [1.82, 2.24) is 19.3 Å². The molecule has 0 radical (unpaired) electrons. The summed E-state index contributed by atoms with van der Waals surface area (Å²) in [5.41, 5.74) is 3.21. The van der Waals surface area contributed by atoms with Crippen molar-refractivity contribution in [1.29, 1.82) is 0 Å². The first-order chi connectivity index (χ1) is 13.1. The SMILES string of the molecule is CCOc1ccc(-n2c(C)nc3c(cnn3-c3ccc(C)cc3)c2=O)cc1. The van der Waals surface area contributed by atoms with Crippen LogP contribution in [0.15, 0.2) is 59.5 Å². The van der Waals surface area contributed by atoms with Crippen LogP contribution in [-0.2, 0) is 0 Å². The number of aryl methyl sites for hydroxylation is 2. The van der Waals surface area contributed by atoms with E-state index in [1.807, 2.05) is 69.3 Å². The van der Waals surface area contributed by atoms with Crippen molar-refractivity contribution in [3.63, 3.8) is 0 Å². The van der Waals surface area contributed by atoms with Gasteiger partial charge in [-0.3, -0.25) is 9.36 Å². The Labute approximate surface area is 156 Å². The molecule has 0 bridgehead atoms. The summed E-state index contributed by atoms with van der Waals surface area (Å²) in [7, 11) is 0. The van der Waals surface area contributed by atoms with Crippen molar-refractivity contribution in [2.24, 2.45) is 0 Å². The summed E-state index contributed by atoms with van der Waals surface area (Å²) in [6, 6.07) is 15.4. The monoisotopic (exact) mass is 360 g/mol. The van der Waals surface area contributed by atoms with Crippen LogP contribution >= 0.6 is 0 Å². The molecule has 0 aliphatic carbocycles. The van der Waals surface area contributed by atoms with Gasteiger partial charge in [0.25, 0.3) is 5.56 Å². The van der Waals surface area contributed by atoms with Gasteiger partial charge in [0, 0.05) is 0 Å². The minimum atomic E-state index is -0.139. The first kappa shape index (κ1) is 17.0. The molecule has 6 nitrogen and oxygen atoms in total. The Morgan fingerprint density at radius 1 is 0.963 bits per heavy atom. The number of nitrogens with zero attached hydrogens (tertiary/aromatic N) is 4. The van der Waals surface area contributed by atoms with E-state index >= 15 is 0 Å². The van der Waals surface area contributed by atoms with Gasteiger partial charge in [-0.05, 0) is 57.2 Å². The molecular weight excluding hydrogens is 340 g/mol. The van der Waals surface area contributed by atoms with Gasteiger partial charge in [-0.25, -0.2) is 9.67 Å². The summed E-state index contributed by atoms with van der Waals surface area (Å²) in [6.45, 7) is 6.39. The van der Waals surface area contributed by atoms with Gasteiger partial charge in [-0.1, -0.05) is 17.7 Å². The maximum atomic E-state index is 13.1. The van der Waals surface area contributed by atoms with Crippen molar-refractivity contribution in [2.75, 3.05) is 6.61 Å². The molecule has 27 heavy (non-hydrogen) atoms. The molecule has 2 aromatic heterocycles. The third-order valence-electron chi connectivity index (χ3n) is 4.45. The molecule has 136 valence electrons. The van der Waals surface area contributed by atoms with E-state index in [0.29, 0.717) is 23.5 Å². The fourth-order valence-electron chi connectivity index (χ4n) is 3.11. The van der Waals surface area contributed by atoms with Crippen molar-refractivity contribution in [3.8, 4) is 17.1 Å². The molecule has 0 atom stereocenters. The molecule has 0 spiro atoms. The minimum absolute atomic E-state index is 0.139. The maximum Gasteiger partial charge on any atom is 0.269 e. The highest BCUT2D eigenvalue weighted by atomic mass is 16.5. The van der Waals surface area contributed by atoms with Gasteiger partial charge in [0.05, 0.1) is 24.2 Å². The molecule has 2 aromatic carbocycles. The summed E-state index contributed by atoms with van der Waals surface area (Å²) in [5.74, 6) is 1.37. The molecule has 2 heterocycles. The van der Waals surface area contributed by atoms with Crippen molar-refractivity contribution in [3.05, 3.63) is 76.5 Å². The second-order valence-electron chi connectivity index (χ2n) is 6.36. The van der Waals surface area contributed by atoms with Gasteiger partial charge >= 0.3 is 0 Å². The second-order valence-corrected chi connectivity index (χ2v) is 6.36. The van der Waals surface area contributed by atoms with Gasteiger partial charge < -0.3 is 4.74 Å². The molecular formula is C21H20N4O2.